The van der Waals surface area contributed by atoms with E-state index in [1.165, 1.54) is 48.5 Å². The van der Waals surface area contributed by atoms with Crippen LogP contribution in [-0.2, 0) is 40.5 Å². The van der Waals surface area contributed by atoms with Crippen molar-refractivity contribution < 1.29 is 51.9 Å². The Morgan fingerprint density at radius 2 is 0.600 bits per heavy atom. The zero-order valence-electron chi connectivity index (χ0n) is 27.7. The molecule has 50 heavy (non-hydrogen) atoms. The van der Waals surface area contributed by atoms with Gasteiger partial charge in [0.1, 0.15) is 0 Å². The van der Waals surface area contributed by atoms with E-state index in [0.29, 0.717) is 11.3 Å². The van der Waals surface area contributed by atoms with Gasteiger partial charge in [-0.2, -0.15) is 0 Å². The van der Waals surface area contributed by atoms with Gasteiger partial charge in [0.15, 0.2) is 0 Å². The van der Waals surface area contributed by atoms with Gasteiger partial charge < -0.3 is 0 Å². The molecule has 4 rings (SSSR count). The van der Waals surface area contributed by atoms with Crippen LogP contribution in [0.15, 0.2) is 92.4 Å². The van der Waals surface area contributed by atoms with Crippen molar-refractivity contribution in [1.82, 2.24) is 0 Å². The van der Waals surface area contributed by atoms with Gasteiger partial charge in [0, 0.05) is 0 Å². The summed E-state index contributed by atoms with van der Waals surface area (Å²) in [6.45, 7) is 3.37. The third kappa shape index (κ3) is 9.66. The van der Waals surface area contributed by atoms with Crippen LogP contribution < -0.4 is 32.5 Å². The van der Waals surface area contributed by atoms with Gasteiger partial charge in [-0.25, -0.2) is 0 Å². The van der Waals surface area contributed by atoms with Crippen LogP contribution >= 0.6 is 15.8 Å². The van der Waals surface area contributed by atoms with Crippen molar-refractivity contribution >= 4 is 201 Å². The minimum atomic E-state index is -4.89. The minimum absolute atomic E-state index is 0.0831. The first kappa shape index (κ1) is 44.1. The maximum atomic E-state index is 13.0. The molecule has 0 aliphatic carbocycles. The predicted molar refractivity (Wildman–Crippen MR) is 198 cm³/mol. The second-order valence-corrected chi connectivity index (χ2v) is 26.6. The molecule has 22 heteroatoms. The molecule has 0 amide bonds. The van der Waals surface area contributed by atoms with Gasteiger partial charge in [-0.3, -0.25) is 0 Å². The van der Waals surface area contributed by atoms with E-state index in [4.69, 9.17) is 0 Å². The second kappa shape index (κ2) is 16.9. The Morgan fingerprint density at radius 3 is 0.760 bits per heavy atom. The van der Waals surface area contributed by atoms with E-state index in [1.54, 1.807) is 38.1 Å². The Balaban J connectivity index is 2.22. The fourth-order valence-electron chi connectivity index (χ4n) is 6.22. The summed E-state index contributed by atoms with van der Waals surface area (Å²) in [5.74, 6) is 0. The van der Waals surface area contributed by atoms with Crippen LogP contribution in [0.5, 0.6) is 0 Å². The molecule has 0 aliphatic heterocycles. The topological polar surface area (TPSA) is 217 Å². The summed E-state index contributed by atoms with van der Waals surface area (Å²) in [5.41, 5.74) is -1.66. The molecule has 0 fully saturated rings. The van der Waals surface area contributed by atoms with Crippen molar-refractivity contribution in [3.8, 4) is 0 Å². The van der Waals surface area contributed by atoms with Crippen molar-refractivity contribution in [2.45, 2.75) is 44.7 Å². The molecule has 12 nitrogen and oxygen atoms in total. The average molecular weight is 835 g/mol. The van der Waals surface area contributed by atoms with Gasteiger partial charge in [0.2, 0.25) is 0 Å². The maximum absolute atomic E-state index is 13.0. The van der Waals surface area contributed by atoms with Crippen molar-refractivity contribution in [1.29, 1.82) is 0 Å². The molecular formula is C28H24Na4O12P2S4. The monoisotopic (exact) mass is 834 g/mol. The SMILES string of the molecule is CC(C(C)P(c1ccc[c]([Na])c1S(=O)(=O)O)c1ccc[c]([Na])c1S(=O)(=O)O)P(c1ccc[c]([Na])c1S(=O)(=O)O)c1ccc[c]([Na])c1S(=O)(=O)O. The van der Waals surface area contributed by atoms with Gasteiger partial charge in [0.05, 0.1) is 0 Å². The molecule has 0 aliphatic rings. The van der Waals surface area contributed by atoms with Crippen LogP contribution in [0, 0.1) is 0 Å². The van der Waals surface area contributed by atoms with Crippen LogP contribution in [0.3, 0.4) is 0 Å². The van der Waals surface area contributed by atoms with Crippen LogP contribution in [0.2, 0.25) is 0 Å². The molecule has 4 aromatic carbocycles. The Morgan fingerprint density at radius 1 is 0.420 bits per heavy atom. The molecule has 2 atom stereocenters. The van der Waals surface area contributed by atoms with Crippen LogP contribution in [0.4, 0.5) is 0 Å². The number of benzene rings is 4. The zero-order chi connectivity index (χ0) is 37.7. The third-order valence-corrected chi connectivity index (χ3v) is 24.3. The number of hydrogen-bond acceptors (Lipinski definition) is 8. The molecule has 0 heterocycles. The first-order chi connectivity index (χ1) is 22.9. The van der Waals surface area contributed by atoms with E-state index in [2.05, 4.69) is 0 Å². The van der Waals surface area contributed by atoms with Gasteiger partial charge >= 0.3 is 370 Å². The molecule has 0 bridgehead atoms. The van der Waals surface area contributed by atoms with Gasteiger partial charge in [-0.15, -0.1) is 0 Å². The summed E-state index contributed by atoms with van der Waals surface area (Å²) >= 11 is 0.669. The summed E-state index contributed by atoms with van der Waals surface area (Å²) in [6.07, 6.45) is 0. The first-order valence-electron chi connectivity index (χ1n) is 14.8. The average Bonchev–Trinajstić information content (AvgIpc) is 2.94. The van der Waals surface area contributed by atoms with E-state index < -0.39 is 87.2 Å². The molecule has 246 valence electrons. The summed E-state index contributed by atoms with van der Waals surface area (Å²) in [7, 11) is -23.9. The summed E-state index contributed by atoms with van der Waals surface area (Å²) in [6, 6.07) is 18.2. The molecule has 0 aromatic heterocycles. The van der Waals surface area contributed by atoms with E-state index in [1.807, 2.05) is 0 Å². The second-order valence-electron chi connectivity index (χ2n) is 11.8. The Bertz CT molecular complexity index is 2110. The fourth-order valence-corrected chi connectivity index (χ4v) is 24.3. The van der Waals surface area contributed by atoms with E-state index >= 15 is 0 Å². The fraction of sp³-hybridized carbons (Fsp3) is 0.143. The van der Waals surface area contributed by atoms with Crippen molar-refractivity contribution in [2.75, 3.05) is 0 Å². The summed E-state index contributed by atoms with van der Waals surface area (Å²) in [5, 5.41) is 0.332. The Hall–Kier alpha value is 1.38. The molecule has 0 spiro atoms. The quantitative estimate of drug-likeness (QED) is 0.0748. The summed E-state index contributed by atoms with van der Waals surface area (Å²) in [4.78, 5) is -1.61. The Kier molecular flexibility index (Phi) is 14.9. The first-order valence-corrected chi connectivity index (χ1v) is 27.3. The number of hydrogen-bond donors (Lipinski definition) is 4. The number of rotatable bonds is 11. The molecule has 0 saturated heterocycles. The van der Waals surface area contributed by atoms with Crippen LogP contribution in [0.25, 0.3) is 0 Å². The molecule has 2 unspecified atom stereocenters. The zero-order valence-corrected chi connectivity index (χ0v) is 40.7. The normalized spacial score (nSPS) is 14.3. The van der Waals surface area contributed by atoms with E-state index in [0.717, 1.165) is 0 Å². The van der Waals surface area contributed by atoms with Gasteiger partial charge in [-0.1, -0.05) is 0 Å². The van der Waals surface area contributed by atoms with Crippen LogP contribution in [0.1, 0.15) is 13.8 Å². The molecule has 4 aromatic rings. The van der Waals surface area contributed by atoms with Crippen molar-refractivity contribution in [3.05, 3.63) is 72.8 Å². The van der Waals surface area contributed by atoms with Crippen molar-refractivity contribution in [3.63, 3.8) is 0 Å². The van der Waals surface area contributed by atoms with Crippen LogP contribution in [-0.4, -0.2) is 175 Å². The van der Waals surface area contributed by atoms with Gasteiger partial charge in [-0.05, 0) is 0 Å². The third-order valence-electron chi connectivity index (χ3n) is 8.35. The molecular weight excluding hydrogens is 810 g/mol. The standard InChI is InChI=1S/C28H24O12P2S4.4Na/c1-19(41(21-11-3-7-15-25(21)43(29,30)31)22-12-4-8-16-26(22)44(32,33)34)20(2)42(23-13-5-9-17-27(23)45(35,36)37)24-14-6-10-18-28(24)46(38,39)40;;;;/h3-14,19-20H,1-2H3,(H,29,30,31)(H,32,33,34)(H,35,36,37)(H,38,39,40);;;;. The molecule has 0 saturated carbocycles. The predicted octanol–water partition coefficient (Wildman–Crippen LogP) is -1.81. The Labute approximate surface area is 364 Å². The molecule has 0 radical (unpaired) electrons. The van der Waals surface area contributed by atoms with Gasteiger partial charge in [0.25, 0.3) is 0 Å². The van der Waals surface area contributed by atoms with Crippen molar-refractivity contribution in [2.24, 2.45) is 0 Å². The van der Waals surface area contributed by atoms with E-state index in [9.17, 15) is 51.9 Å². The summed E-state index contributed by atoms with van der Waals surface area (Å²) < 4.78 is 147. The van der Waals surface area contributed by atoms with E-state index in [-0.39, 0.29) is 133 Å². The molecule has 4 N–H and O–H groups in total.